The number of ether oxygens (including phenoxy) is 1. The van der Waals surface area contributed by atoms with E-state index in [1.54, 1.807) is 32.3 Å². The monoisotopic (exact) mass is 411 g/mol. The molecule has 8 nitrogen and oxygen atoms in total. The maximum absolute atomic E-state index is 12.8. The largest absolute Gasteiger partial charge is 0.459 e. The number of carbonyl (C=O) groups is 2. The summed E-state index contributed by atoms with van der Waals surface area (Å²) in [5, 5.41) is 8.16. The second-order valence-corrected chi connectivity index (χ2v) is 6.59. The Labute approximate surface area is 177 Å². The van der Waals surface area contributed by atoms with Crippen LogP contribution in [0.5, 0.6) is 0 Å². The first-order valence-corrected chi connectivity index (χ1v) is 10.0. The molecule has 0 atom stereocenters. The summed E-state index contributed by atoms with van der Waals surface area (Å²) in [7, 11) is 1.52. The fourth-order valence-electron chi connectivity index (χ4n) is 2.86. The van der Waals surface area contributed by atoms with Crippen molar-refractivity contribution in [1.82, 2.24) is 20.9 Å². The Morgan fingerprint density at radius 2 is 2.03 bits per heavy atom. The summed E-state index contributed by atoms with van der Waals surface area (Å²) in [5.41, 5.74) is 3.72. The maximum Gasteiger partial charge on any atom is 0.340 e. The summed E-state index contributed by atoms with van der Waals surface area (Å²) >= 11 is 0. The SMILES string of the molecule is CC.CNC(=O)NC1=NCC2=C(N1)C(C(=O)OC(C)C)=CC(c1cccnc1)=CC2. The zero-order valence-electron chi connectivity index (χ0n) is 18.1. The zero-order chi connectivity index (χ0) is 22.1. The number of aromatic nitrogens is 1. The van der Waals surface area contributed by atoms with Gasteiger partial charge in [-0.2, -0.15) is 0 Å². The normalized spacial score (nSPS) is 15.2. The molecule has 160 valence electrons. The van der Waals surface area contributed by atoms with Gasteiger partial charge in [0.2, 0.25) is 5.96 Å². The Morgan fingerprint density at radius 1 is 1.27 bits per heavy atom. The molecular weight excluding hydrogens is 382 g/mol. The predicted molar refractivity (Wildman–Crippen MR) is 118 cm³/mol. The molecule has 1 aromatic heterocycles. The van der Waals surface area contributed by atoms with Crippen LogP contribution < -0.4 is 16.0 Å². The van der Waals surface area contributed by atoms with Gasteiger partial charge in [0.15, 0.2) is 0 Å². The van der Waals surface area contributed by atoms with Crippen LogP contribution in [0.3, 0.4) is 0 Å². The van der Waals surface area contributed by atoms with Gasteiger partial charge in [-0.15, -0.1) is 0 Å². The summed E-state index contributed by atoms with van der Waals surface area (Å²) in [6.07, 6.45) is 7.63. The molecule has 30 heavy (non-hydrogen) atoms. The first-order chi connectivity index (χ1) is 14.5. The van der Waals surface area contributed by atoms with Gasteiger partial charge < -0.3 is 15.4 Å². The Kier molecular flexibility index (Phi) is 8.34. The Morgan fingerprint density at radius 3 is 2.67 bits per heavy atom. The molecule has 2 amide bonds. The van der Waals surface area contributed by atoms with Crippen molar-refractivity contribution in [3.63, 3.8) is 0 Å². The predicted octanol–water partition coefficient (Wildman–Crippen LogP) is 2.92. The Balaban J connectivity index is 0.00000155. The lowest BCUT2D eigenvalue weighted by Crippen LogP contribution is -2.47. The van der Waals surface area contributed by atoms with Crippen LogP contribution in [-0.2, 0) is 9.53 Å². The van der Waals surface area contributed by atoms with Crippen molar-refractivity contribution in [2.75, 3.05) is 13.6 Å². The van der Waals surface area contributed by atoms with E-state index in [0.29, 0.717) is 24.2 Å². The second kappa shape index (κ2) is 10.9. The number of guanidine groups is 1. The van der Waals surface area contributed by atoms with Crippen LogP contribution in [0, 0.1) is 0 Å². The molecule has 3 rings (SSSR count). The maximum atomic E-state index is 12.8. The highest BCUT2D eigenvalue weighted by molar-refractivity contribution is 6.02. The Bertz CT molecular complexity index is 899. The third-order valence-corrected chi connectivity index (χ3v) is 4.18. The van der Waals surface area contributed by atoms with Gasteiger partial charge in [0.1, 0.15) is 0 Å². The number of allylic oxidation sites excluding steroid dienone is 3. The molecular formula is C22H29N5O3. The van der Waals surface area contributed by atoms with Crippen molar-refractivity contribution in [3.8, 4) is 0 Å². The molecule has 0 spiro atoms. The Hall–Kier alpha value is -3.42. The molecule has 0 saturated heterocycles. The van der Waals surface area contributed by atoms with Crippen molar-refractivity contribution < 1.29 is 14.3 Å². The van der Waals surface area contributed by atoms with Gasteiger partial charge >= 0.3 is 12.0 Å². The lowest BCUT2D eigenvalue weighted by molar-refractivity contribution is -0.142. The van der Waals surface area contributed by atoms with E-state index in [1.807, 2.05) is 32.1 Å². The van der Waals surface area contributed by atoms with E-state index >= 15 is 0 Å². The third-order valence-electron chi connectivity index (χ3n) is 4.18. The minimum Gasteiger partial charge on any atom is -0.459 e. The molecule has 3 N–H and O–H groups in total. The van der Waals surface area contributed by atoms with Crippen LogP contribution in [-0.4, -0.2) is 42.6 Å². The number of carbonyl (C=O) groups excluding carboxylic acids is 2. The van der Waals surface area contributed by atoms with Gasteiger partial charge in [0.25, 0.3) is 0 Å². The zero-order valence-corrected chi connectivity index (χ0v) is 18.1. The van der Waals surface area contributed by atoms with E-state index in [1.165, 1.54) is 7.05 Å². The number of urea groups is 1. The van der Waals surface area contributed by atoms with Crippen molar-refractivity contribution in [2.45, 2.75) is 40.2 Å². The van der Waals surface area contributed by atoms with Crippen LogP contribution in [0.1, 0.15) is 39.7 Å². The van der Waals surface area contributed by atoms with E-state index in [2.05, 4.69) is 25.9 Å². The molecule has 1 aliphatic heterocycles. The number of nitrogens with zero attached hydrogens (tertiary/aromatic N) is 2. The van der Waals surface area contributed by atoms with E-state index < -0.39 is 12.0 Å². The fraction of sp³-hybridized carbons (Fsp3) is 0.364. The van der Waals surface area contributed by atoms with Crippen molar-refractivity contribution in [2.24, 2.45) is 4.99 Å². The van der Waals surface area contributed by atoms with Crippen LogP contribution in [0.2, 0.25) is 0 Å². The number of esters is 1. The van der Waals surface area contributed by atoms with Crippen molar-refractivity contribution >= 4 is 23.5 Å². The van der Waals surface area contributed by atoms with Gasteiger partial charge in [0.05, 0.1) is 23.9 Å². The van der Waals surface area contributed by atoms with Gasteiger partial charge in [-0.1, -0.05) is 26.0 Å². The lowest BCUT2D eigenvalue weighted by Gasteiger charge is -2.23. The van der Waals surface area contributed by atoms with E-state index in [9.17, 15) is 9.59 Å². The first kappa shape index (κ1) is 22.9. The van der Waals surface area contributed by atoms with Crippen molar-refractivity contribution in [3.05, 3.63) is 59.1 Å². The highest BCUT2D eigenvalue weighted by atomic mass is 16.5. The summed E-state index contributed by atoms with van der Waals surface area (Å²) < 4.78 is 5.45. The number of nitrogens with one attached hydrogen (secondary N) is 3. The fourth-order valence-corrected chi connectivity index (χ4v) is 2.86. The lowest BCUT2D eigenvalue weighted by atomic mass is 10.0. The van der Waals surface area contributed by atoms with Crippen LogP contribution in [0.15, 0.2) is 58.5 Å². The van der Waals surface area contributed by atoms with Gasteiger partial charge in [-0.25, -0.2) is 14.6 Å². The summed E-state index contributed by atoms with van der Waals surface area (Å²) in [6, 6.07) is 3.39. The first-order valence-electron chi connectivity index (χ1n) is 10.0. The number of amides is 2. The number of aliphatic imine (C=N–C) groups is 1. The van der Waals surface area contributed by atoms with Gasteiger partial charge in [0, 0.05) is 19.4 Å². The van der Waals surface area contributed by atoms with Crippen LogP contribution >= 0.6 is 0 Å². The smallest absolute Gasteiger partial charge is 0.340 e. The third kappa shape index (κ3) is 5.79. The molecule has 0 fully saturated rings. The quantitative estimate of drug-likeness (QED) is 0.664. The number of pyridine rings is 1. The number of hydrogen-bond acceptors (Lipinski definition) is 6. The minimum absolute atomic E-state index is 0.257. The molecule has 0 unspecified atom stereocenters. The van der Waals surface area contributed by atoms with Crippen LogP contribution in [0.4, 0.5) is 4.79 Å². The number of rotatable bonds is 3. The summed E-state index contributed by atoms with van der Waals surface area (Å²) in [4.78, 5) is 33.0. The van der Waals surface area contributed by atoms with E-state index in [4.69, 9.17) is 4.74 Å². The van der Waals surface area contributed by atoms with Gasteiger partial charge in [-0.05, 0) is 49.1 Å². The van der Waals surface area contributed by atoms with E-state index in [-0.39, 0.29) is 12.1 Å². The molecule has 2 aliphatic rings. The average molecular weight is 412 g/mol. The standard InChI is InChI=1S/C20H23N5O3.C2H6/c1-12(2)28-18(26)16-9-13(14-5-4-8-22-10-14)6-7-15-11-23-19(24-17(15)16)25-20(27)21-3;1-2/h4-6,8-10,12H,7,11H2,1-3H3,(H3,21,23,24,25,27);1-2H3. The molecule has 0 saturated carbocycles. The second-order valence-electron chi connectivity index (χ2n) is 6.59. The van der Waals surface area contributed by atoms with E-state index in [0.717, 1.165) is 16.7 Å². The molecule has 1 aliphatic carbocycles. The summed E-state index contributed by atoms with van der Waals surface area (Å²) in [6.45, 7) is 7.97. The average Bonchev–Trinajstić information content (AvgIpc) is 2.95. The van der Waals surface area contributed by atoms with Crippen molar-refractivity contribution in [1.29, 1.82) is 0 Å². The highest BCUT2D eigenvalue weighted by Gasteiger charge is 2.27. The summed E-state index contributed by atoms with van der Waals surface area (Å²) in [5.74, 6) is -0.154. The molecule has 2 heterocycles. The topological polar surface area (TPSA) is 105 Å². The molecule has 0 aromatic carbocycles. The molecule has 0 bridgehead atoms. The molecule has 1 aromatic rings. The highest BCUT2D eigenvalue weighted by Crippen LogP contribution is 2.29. The van der Waals surface area contributed by atoms with Gasteiger partial charge in [-0.3, -0.25) is 10.3 Å². The minimum atomic E-state index is -0.437. The number of hydrogen-bond donors (Lipinski definition) is 3. The molecule has 8 heteroatoms. The van der Waals surface area contributed by atoms with Crippen LogP contribution in [0.25, 0.3) is 5.57 Å². The molecule has 0 radical (unpaired) electrons.